The number of rotatable bonds is 9. The standard InChI is InChI=1S/C33H30N2O7S/c1-19(2)42-32(39)28-20(3)34-33-35(29(28)22-13-15-25(40-4)16-14-22)30(36)27(43-33)17-24-7-5-6-8-26(24)41-18-21-9-11-23(12-10-21)31(37)38/h5-17,19,29H,18H2,1-4H3,(H,37,38)/b27-17-/t29-/m1/s1. The zero-order valence-corrected chi connectivity index (χ0v) is 24.9. The topological polar surface area (TPSA) is 116 Å². The van der Waals surface area contributed by atoms with Gasteiger partial charge in [0.2, 0.25) is 0 Å². The first-order valence-electron chi connectivity index (χ1n) is 13.6. The summed E-state index contributed by atoms with van der Waals surface area (Å²) in [7, 11) is 1.57. The molecular weight excluding hydrogens is 568 g/mol. The van der Waals surface area contributed by atoms with E-state index in [9.17, 15) is 14.4 Å². The molecule has 0 bridgehead atoms. The van der Waals surface area contributed by atoms with Gasteiger partial charge in [0.05, 0.1) is 40.6 Å². The molecule has 1 N–H and O–H groups in total. The number of hydrogen-bond donors (Lipinski definition) is 1. The number of thiazole rings is 1. The Morgan fingerprint density at radius 2 is 1.74 bits per heavy atom. The molecule has 4 aromatic rings. The van der Waals surface area contributed by atoms with Gasteiger partial charge in [0, 0.05) is 5.56 Å². The molecule has 10 heteroatoms. The van der Waals surface area contributed by atoms with E-state index in [1.165, 1.54) is 28.0 Å². The highest BCUT2D eigenvalue weighted by Gasteiger charge is 2.33. The largest absolute Gasteiger partial charge is 0.497 e. The second-order valence-electron chi connectivity index (χ2n) is 10.1. The van der Waals surface area contributed by atoms with Crippen LogP contribution in [0.5, 0.6) is 11.5 Å². The molecule has 1 atom stereocenters. The van der Waals surface area contributed by atoms with Gasteiger partial charge in [-0.05, 0) is 68.3 Å². The Morgan fingerprint density at radius 1 is 1.05 bits per heavy atom. The number of fused-ring (bicyclic) bond motifs is 1. The van der Waals surface area contributed by atoms with Crippen molar-refractivity contribution in [3.63, 3.8) is 0 Å². The fraction of sp³-hybridized carbons (Fsp3) is 0.212. The van der Waals surface area contributed by atoms with Crippen molar-refractivity contribution in [2.24, 2.45) is 4.99 Å². The summed E-state index contributed by atoms with van der Waals surface area (Å²) in [5.41, 5.74) is 2.89. The zero-order valence-electron chi connectivity index (χ0n) is 24.1. The minimum absolute atomic E-state index is 0.198. The fourth-order valence-electron chi connectivity index (χ4n) is 4.74. The van der Waals surface area contributed by atoms with Gasteiger partial charge in [-0.2, -0.15) is 0 Å². The van der Waals surface area contributed by atoms with Gasteiger partial charge >= 0.3 is 11.9 Å². The third kappa shape index (κ3) is 6.29. The normalized spacial score (nSPS) is 14.7. The summed E-state index contributed by atoms with van der Waals surface area (Å²) < 4.78 is 18.9. The molecule has 220 valence electrons. The first-order valence-corrected chi connectivity index (χ1v) is 14.4. The van der Waals surface area contributed by atoms with E-state index in [1.807, 2.05) is 30.3 Å². The summed E-state index contributed by atoms with van der Waals surface area (Å²) in [6.07, 6.45) is 1.41. The van der Waals surface area contributed by atoms with Crippen molar-refractivity contribution in [1.82, 2.24) is 4.57 Å². The van der Waals surface area contributed by atoms with Crippen molar-refractivity contribution < 1.29 is 28.9 Å². The molecule has 0 saturated carbocycles. The van der Waals surface area contributed by atoms with Gasteiger partial charge in [-0.25, -0.2) is 14.6 Å². The molecule has 9 nitrogen and oxygen atoms in total. The van der Waals surface area contributed by atoms with E-state index in [2.05, 4.69) is 4.99 Å². The van der Waals surface area contributed by atoms with Gasteiger partial charge in [0.25, 0.3) is 5.56 Å². The molecule has 1 aliphatic rings. The third-order valence-electron chi connectivity index (χ3n) is 6.82. The van der Waals surface area contributed by atoms with Gasteiger partial charge in [0.15, 0.2) is 4.80 Å². The number of carbonyl (C=O) groups excluding carboxylic acids is 1. The number of para-hydroxylation sites is 1. The Hall–Kier alpha value is -4.96. The maximum absolute atomic E-state index is 14.0. The summed E-state index contributed by atoms with van der Waals surface area (Å²) in [4.78, 5) is 43.6. The highest BCUT2D eigenvalue weighted by atomic mass is 32.1. The number of ether oxygens (including phenoxy) is 3. The van der Waals surface area contributed by atoms with E-state index in [0.717, 1.165) is 11.1 Å². The first kappa shape index (κ1) is 29.5. The Morgan fingerprint density at radius 3 is 2.40 bits per heavy atom. The van der Waals surface area contributed by atoms with Crippen molar-refractivity contribution in [2.75, 3.05) is 7.11 Å². The molecule has 0 unspecified atom stereocenters. The maximum Gasteiger partial charge on any atom is 0.338 e. The average Bonchev–Trinajstić information content (AvgIpc) is 3.29. The highest BCUT2D eigenvalue weighted by molar-refractivity contribution is 7.07. The van der Waals surface area contributed by atoms with Crippen molar-refractivity contribution in [3.8, 4) is 11.5 Å². The quantitative estimate of drug-likeness (QED) is 0.283. The van der Waals surface area contributed by atoms with E-state index in [-0.39, 0.29) is 23.8 Å². The Labute approximate surface area is 251 Å². The third-order valence-corrected chi connectivity index (χ3v) is 7.80. The zero-order chi connectivity index (χ0) is 30.7. The van der Waals surface area contributed by atoms with Crippen molar-refractivity contribution in [3.05, 3.63) is 126 Å². The first-order chi connectivity index (χ1) is 20.7. The van der Waals surface area contributed by atoms with E-state index in [4.69, 9.17) is 19.3 Å². The predicted molar refractivity (Wildman–Crippen MR) is 162 cm³/mol. The predicted octanol–water partition coefficient (Wildman–Crippen LogP) is 4.47. The van der Waals surface area contributed by atoms with Crippen LogP contribution in [-0.4, -0.2) is 34.8 Å². The second kappa shape index (κ2) is 12.5. The van der Waals surface area contributed by atoms with Crippen LogP contribution < -0.4 is 24.4 Å². The smallest absolute Gasteiger partial charge is 0.338 e. The molecule has 1 aliphatic heterocycles. The van der Waals surface area contributed by atoms with Crippen LogP contribution in [-0.2, 0) is 16.1 Å². The number of aromatic carboxylic acids is 1. The number of carbonyl (C=O) groups is 2. The molecule has 0 spiro atoms. The van der Waals surface area contributed by atoms with Crippen LogP contribution in [0.4, 0.5) is 0 Å². The molecule has 1 aromatic heterocycles. The van der Waals surface area contributed by atoms with Crippen LogP contribution in [0.25, 0.3) is 6.08 Å². The monoisotopic (exact) mass is 598 g/mol. The molecule has 0 fully saturated rings. The van der Waals surface area contributed by atoms with Crippen LogP contribution in [0, 0.1) is 0 Å². The lowest BCUT2D eigenvalue weighted by atomic mass is 9.96. The van der Waals surface area contributed by atoms with Gasteiger partial charge in [0.1, 0.15) is 18.1 Å². The molecule has 5 rings (SSSR count). The van der Waals surface area contributed by atoms with Crippen LogP contribution in [0.15, 0.2) is 93.9 Å². The molecule has 0 aliphatic carbocycles. The van der Waals surface area contributed by atoms with E-state index >= 15 is 0 Å². The van der Waals surface area contributed by atoms with E-state index in [0.29, 0.717) is 37.7 Å². The van der Waals surface area contributed by atoms with Crippen molar-refractivity contribution in [1.29, 1.82) is 0 Å². The number of allylic oxidation sites excluding steroid dienone is 1. The number of carboxylic acids is 1. The molecule has 0 saturated heterocycles. The minimum atomic E-state index is -0.993. The Kier molecular flexibility index (Phi) is 8.58. The van der Waals surface area contributed by atoms with Crippen LogP contribution in [0.3, 0.4) is 0 Å². The Bertz CT molecular complexity index is 1890. The van der Waals surface area contributed by atoms with Crippen molar-refractivity contribution in [2.45, 2.75) is 39.5 Å². The lowest BCUT2D eigenvalue weighted by Crippen LogP contribution is -2.40. The summed E-state index contributed by atoms with van der Waals surface area (Å²) in [5.74, 6) is -0.313. The molecule has 43 heavy (non-hydrogen) atoms. The number of methoxy groups -OCH3 is 1. The number of benzene rings is 3. The van der Waals surface area contributed by atoms with E-state index < -0.39 is 18.0 Å². The second-order valence-corrected chi connectivity index (χ2v) is 11.1. The number of nitrogens with zero attached hydrogens (tertiary/aromatic N) is 2. The van der Waals surface area contributed by atoms with Crippen LogP contribution >= 0.6 is 11.3 Å². The Balaban J connectivity index is 1.55. The highest BCUT2D eigenvalue weighted by Crippen LogP contribution is 2.32. The number of aromatic nitrogens is 1. The van der Waals surface area contributed by atoms with E-state index in [1.54, 1.807) is 64.3 Å². The number of hydrogen-bond acceptors (Lipinski definition) is 8. The van der Waals surface area contributed by atoms with Gasteiger partial charge in [-0.1, -0.05) is 53.8 Å². The summed E-state index contributed by atoms with van der Waals surface area (Å²) >= 11 is 1.23. The van der Waals surface area contributed by atoms with Gasteiger partial charge in [-0.3, -0.25) is 9.36 Å². The summed E-state index contributed by atoms with van der Waals surface area (Å²) in [6.45, 7) is 5.51. The summed E-state index contributed by atoms with van der Waals surface area (Å²) in [6, 6.07) is 20.3. The number of esters is 1. The van der Waals surface area contributed by atoms with Crippen LogP contribution in [0.2, 0.25) is 0 Å². The van der Waals surface area contributed by atoms with Crippen molar-refractivity contribution >= 4 is 29.4 Å². The lowest BCUT2D eigenvalue weighted by Gasteiger charge is -2.25. The maximum atomic E-state index is 14.0. The summed E-state index contributed by atoms with van der Waals surface area (Å²) in [5, 5.41) is 9.14. The lowest BCUT2D eigenvalue weighted by molar-refractivity contribution is -0.143. The molecular formula is C33H30N2O7S. The molecule has 0 amide bonds. The fourth-order valence-corrected chi connectivity index (χ4v) is 5.78. The number of carboxylic acid groups (broad SMARTS) is 1. The van der Waals surface area contributed by atoms with Crippen LogP contribution in [0.1, 0.15) is 53.9 Å². The molecule has 3 aromatic carbocycles. The molecule has 2 heterocycles. The SMILES string of the molecule is COc1ccc([C@@H]2C(C(=O)OC(C)C)=C(C)N=c3s/c(=C\c4ccccc4OCc4ccc(C(=O)O)cc4)c(=O)n32)cc1. The van der Waals surface area contributed by atoms with Gasteiger partial charge in [-0.15, -0.1) is 0 Å². The average molecular weight is 599 g/mol. The molecule has 0 radical (unpaired) electrons. The minimum Gasteiger partial charge on any atom is -0.497 e. The van der Waals surface area contributed by atoms with Gasteiger partial charge < -0.3 is 19.3 Å².